The van der Waals surface area contributed by atoms with Crippen molar-refractivity contribution in [3.8, 4) is 0 Å². The highest BCUT2D eigenvalue weighted by Crippen LogP contribution is 2.17. The van der Waals surface area contributed by atoms with E-state index in [1.807, 2.05) is 36.3 Å². The number of aryl methyl sites for hydroxylation is 1. The summed E-state index contributed by atoms with van der Waals surface area (Å²) in [5.41, 5.74) is 3.52. The number of pyridine rings is 1. The van der Waals surface area contributed by atoms with Crippen molar-refractivity contribution in [3.05, 3.63) is 47.4 Å². The number of piperazine rings is 1. The van der Waals surface area contributed by atoms with Gasteiger partial charge in [-0.05, 0) is 37.6 Å². The molecule has 0 aromatic carbocycles. The Labute approximate surface area is 137 Å². The number of rotatable bonds is 3. The minimum Gasteiger partial charge on any atom is -0.353 e. The Morgan fingerprint density at radius 2 is 1.91 bits per heavy atom. The van der Waals surface area contributed by atoms with Crippen molar-refractivity contribution in [2.75, 3.05) is 31.1 Å². The largest absolute Gasteiger partial charge is 0.353 e. The van der Waals surface area contributed by atoms with E-state index in [0.717, 1.165) is 37.6 Å². The third-order valence-electron chi connectivity index (χ3n) is 4.83. The molecule has 1 amide bonds. The standard InChI is InChI=1S/C18H24N4O/c1-14-12-16(15(2)20(14)3)13-18(23)22-10-8-21(9-11-22)17-6-4-5-7-19-17/h4-7,12H,8-11,13H2,1-3H3. The van der Waals surface area contributed by atoms with Crippen LogP contribution in [0.1, 0.15) is 17.0 Å². The van der Waals surface area contributed by atoms with Crippen LogP contribution in [-0.2, 0) is 18.3 Å². The molecule has 2 aromatic heterocycles. The van der Waals surface area contributed by atoms with Gasteiger partial charge in [-0.2, -0.15) is 0 Å². The Morgan fingerprint density at radius 3 is 2.48 bits per heavy atom. The average molecular weight is 312 g/mol. The summed E-state index contributed by atoms with van der Waals surface area (Å²) in [7, 11) is 2.05. The highest BCUT2D eigenvalue weighted by atomic mass is 16.2. The normalized spacial score (nSPS) is 15.1. The lowest BCUT2D eigenvalue weighted by Gasteiger charge is -2.35. The fourth-order valence-electron chi connectivity index (χ4n) is 3.11. The summed E-state index contributed by atoms with van der Waals surface area (Å²) in [5.74, 6) is 1.22. The van der Waals surface area contributed by atoms with E-state index in [9.17, 15) is 4.79 Å². The van der Waals surface area contributed by atoms with Gasteiger partial charge in [0, 0.05) is 50.8 Å². The maximum Gasteiger partial charge on any atom is 0.227 e. The van der Waals surface area contributed by atoms with Gasteiger partial charge in [-0.3, -0.25) is 4.79 Å². The molecule has 0 unspecified atom stereocenters. The smallest absolute Gasteiger partial charge is 0.227 e. The Bertz CT molecular complexity index is 685. The first-order valence-corrected chi connectivity index (χ1v) is 8.12. The van der Waals surface area contributed by atoms with E-state index in [4.69, 9.17) is 0 Å². The number of anilines is 1. The van der Waals surface area contributed by atoms with E-state index >= 15 is 0 Å². The highest BCUT2D eigenvalue weighted by Gasteiger charge is 2.22. The molecule has 0 radical (unpaired) electrons. The molecule has 3 heterocycles. The fraction of sp³-hybridized carbons (Fsp3) is 0.444. The van der Waals surface area contributed by atoms with E-state index in [1.165, 1.54) is 11.4 Å². The van der Waals surface area contributed by atoms with Crippen LogP contribution in [0.25, 0.3) is 0 Å². The molecule has 5 nitrogen and oxygen atoms in total. The Morgan fingerprint density at radius 1 is 1.17 bits per heavy atom. The number of carbonyl (C=O) groups excluding carboxylic acids is 1. The number of amides is 1. The molecule has 1 aliphatic rings. The molecule has 0 atom stereocenters. The van der Waals surface area contributed by atoms with Crippen molar-refractivity contribution in [2.24, 2.45) is 7.05 Å². The van der Waals surface area contributed by atoms with Crippen LogP contribution in [0, 0.1) is 13.8 Å². The number of hydrogen-bond acceptors (Lipinski definition) is 3. The molecule has 0 spiro atoms. The van der Waals surface area contributed by atoms with Crippen molar-refractivity contribution in [1.29, 1.82) is 0 Å². The summed E-state index contributed by atoms with van der Waals surface area (Å²) in [5, 5.41) is 0. The fourth-order valence-corrected chi connectivity index (χ4v) is 3.11. The van der Waals surface area contributed by atoms with Crippen molar-refractivity contribution in [1.82, 2.24) is 14.5 Å². The van der Waals surface area contributed by atoms with Gasteiger partial charge in [-0.1, -0.05) is 6.07 Å². The maximum atomic E-state index is 12.6. The molecule has 1 fully saturated rings. The van der Waals surface area contributed by atoms with Crippen LogP contribution < -0.4 is 4.90 Å². The zero-order chi connectivity index (χ0) is 16.4. The number of nitrogens with zero attached hydrogens (tertiary/aromatic N) is 4. The lowest BCUT2D eigenvalue weighted by atomic mass is 10.1. The van der Waals surface area contributed by atoms with E-state index in [2.05, 4.69) is 34.4 Å². The van der Waals surface area contributed by atoms with E-state index in [1.54, 1.807) is 0 Å². The van der Waals surface area contributed by atoms with Crippen LogP contribution in [0.5, 0.6) is 0 Å². The SMILES string of the molecule is Cc1cc(CC(=O)N2CCN(c3ccccn3)CC2)c(C)n1C. The van der Waals surface area contributed by atoms with Crippen molar-refractivity contribution in [2.45, 2.75) is 20.3 Å². The van der Waals surface area contributed by atoms with Gasteiger partial charge >= 0.3 is 0 Å². The zero-order valence-electron chi connectivity index (χ0n) is 14.1. The molecule has 0 N–H and O–H groups in total. The molecule has 23 heavy (non-hydrogen) atoms. The summed E-state index contributed by atoms with van der Waals surface area (Å²) >= 11 is 0. The number of aromatic nitrogens is 2. The summed E-state index contributed by atoms with van der Waals surface area (Å²) in [6, 6.07) is 8.07. The van der Waals surface area contributed by atoms with Gasteiger partial charge in [0.15, 0.2) is 0 Å². The van der Waals surface area contributed by atoms with Gasteiger partial charge in [0.1, 0.15) is 5.82 Å². The molecule has 122 valence electrons. The molecule has 1 aliphatic heterocycles. The van der Waals surface area contributed by atoms with Crippen LogP contribution in [-0.4, -0.2) is 46.5 Å². The summed E-state index contributed by atoms with van der Waals surface area (Å²) < 4.78 is 2.14. The quantitative estimate of drug-likeness (QED) is 0.869. The van der Waals surface area contributed by atoms with Gasteiger partial charge in [0.2, 0.25) is 5.91 Å². The third-order valence-corrected chi connectivity index (χ3v) is 4.83. The van der Waals surface area contributed by atoms with Gasteiger partial charge in [-0.25, -0.2) is 4.98 Å². The summed E-state index contributed by atoms with van der Waals surface area (Å²) in [4.78, 5) is 21.2. The van der Waals surface area contributed by atoms with Crippen LogP contribution in [0.15, 0.2) is 30.5 Å². The molecule has 0 saturated carbocycles. The average Bonchev–Trinajstić information content (AvgIpc) is 2.83. The predicted molar refractivity (Wildman–Crippen MR) is 91.6 cm³/mol. The van der Waals surface area contributed by atoms with E-state index in [-0.39, 0.29) is 5.91 Å². The minimum absolute atomic E-state index is 0.222. The van der Waals surface area contributed by atoms with Gasteiger partial charge in [-0.15, -0.1) is 0 Å². The van der Waals surface area contributed by atoms with Gasteiger partial charge in [0.05, 0.1) is 6.42 Å². The second-order valence-electron chi connectivity index (χ2n) is 6.19. The Hall–Kier alpha value is -2.30. The van der Waals surface area contributed by atoms with Gasteiger partial charge in [0.25, 0.3) is 0 Å². The number of hydrogen-bond donors (Lipinski definition) is 0. The Kier molecular flexibility index (Phi) is 4.37. The molecular weight excluding hydrogens is 288 g/mol. The summed E-state index contributed by atoms with van der Waals surface area (Å²) in [6.45, 7) is 7.37. The van der Waals surface area contributed by atoms with Crippen LogP contribution >= 0.6 is 0 Å². The first-order chi connectivity index (χ1) is 11.1. The highest BCUT2D eigenvalue weighted by molar-refractivity contribution is 5.79. The second kappa shape index (κ2) is 6.44. The first kappa shape index (κ1) is 15.6. The Balaban J connectivity index is 1.59. The third kappa shape index (κ3) is 3.23. The molecule has 5 heteroatoms. The second-order valence-corrected chi connectivity index (χ2v) is 6.19. The monoisotopic (exact) mass is 312 g/mol. The van der Waals surface area contributed by atoms with Crippen molar-refractivity contribution < 1.29 is 4.79 Å². The van der Waals surface area contributed by atoms with Gasteiger partial charge < -0.3 is 14.4 Å². The maximum absolute atomic E-state index is 12.6. The zero-order valence-corrected chi connectivity index (χ0v) is 14.1. The molecule has 2 aromatic rings. The number of carbonyl (C=O) groups is 1. The molecule has 0 aliphatic carbocycles. The van der Waals surface area contributed by atoms with Crippen LogP contribution in [0.3, 0.4) is 0 Å². The molecular formula is C18H24N4O. The van der Waals surface area contributed by atoms with E-state index < -0.39 is 0 Å². The molecule has 0 bridgehead atoms. The predicted octanol–water partition coefficient (Wildman–Crippen LogP) is 1.93. The van der Waals surface area contributed by atoms with Crippen LogP contribution in [0.2, 0.25) is 0 Å². The molecule has 1 saturated heterocycles. The lowest BCUT2D eigenvalue weighted by molar-refractivity contribution is -0.130. The van der Waals surface area contributed by atoms with Crippen LogP contribution in [0.4, 0.5) is 5.82 Å². The summed E-state index contributed by atoms with van der Waals surface area (Å²) in [6.07, 6.45) is 2.31. The lowest BCUT2D eigenvalue weighted by Crippen LogP contribution is -2.49. The minimum atomic E-state index is 0.222. The van der Waals surface area contributed by atoms with Crippen molar-refractivity contribution in [3.63, 3.8) is 0 Å². The topological polar surface area (TPSA) is 41.4 Å². The molecule has 3 rings (SSSR count). The van der Waals surface area contributed by atoms with E-state index in [0.29, 0.717) is 6.42 Å². The van der Waals surface area contributed by atoms with Crippen molar-refractivity contribution >= 4 is 11.7 Å². The first-order valence-electron chi connectivity index (χ1n) is 8.12.